The number of hydrogen-bond donors (Lipinski definition) is 1. The molecule has 4 heteroatoms. The average Bonchev–Trinajstić information content (AvgIpc) is 2.71. The molecule has 1 saturated carbocycles. The van der Waals surface area contributed by atoms with Gasteiger partial charge in [0.2, 0.25) is 0 Å². The van der Waals surface area contributed by atoms with Crippen molar-refractivity contribution in [1.82, 2.24) is 0 Å². The van der Waals surface area contributed by atoms with Crippen molar-refractivity contribution in [2.45, 2.75) is 32.1 Å². The molecule has 1 fully saturated rings. The summed E-state index contributed by atoms with van der Waals surface area (Å²) in [7, 11) is 0. The van der Waals surface area contributed by atoms with Crippen LogP contribution in [0.25, 0.3) is 21.5 Å². The summed E-state index contributed by atoms with van der Waals surface area (Å²) in [5.74, 6) is -1.91. The molecule has 0 spiro atoms. The van der Waals surface area contributed by atoms with Crippen molar-refractivity contribution in [1.29, 1.82) is 0 Å². The van der Waals surface area contributed by atoms with Gasteiger partial charge in [0.05, 0.1) is 11.5 Å². The van der Waals surface area contributed by atoms with Crippen molar-refractivity contribution in [2.24, 2.45) is 10.9 Å². The van der Waals surface area contributed by atoms with Gasteiger partial charge in [0, 0.05) is 23.7 Å². The summed E-state index contributed by atoms with van der Waals surface area (Å²) < 4.78 is 0. The van der Waals surface area contributed by atoms with Gasteiger partial charge in [-0.25, -0.2) is 4.79 Å². The van der Waals surface area contributed by atoms with E-state index >= 15 is 0 Å². The highest BCUT2D eigenvalue weighted by Gasteiger charge is 2.44. The fourth-order valence-corrected chi connectivity index (χ4v) is 5.09. The third-order valence-electron chi connectivity index (χ3n) is 6.26. The van der Waals surface area contributed by atoms with E-state index < -0.39 is 17.8 Å². The normalized spacial score (nSPS) is 22.0. The molecule has 0 amide bonds. The number of hydrogen-bond acceptors (Lipinski definition) is 3. The van der Waals surface area contributed by atoms with Crippen molar-refractivity contribution in [3.8, 4) is 0 Å². The van der Waals surface area contributed by atoms with Gasteiger partial charge in [-0.1, -0.05) is 48.5 Å². The molecule has 5 rings (SSSR count). The summed E-state index contributed by atoms with van der Waals surface area (Å²) in [6.45, 7) is 1.76. The average molecular weight is 383 g/mol. The van der Waals surface area contributed by atoms with Crippen molar-refractivity contribution in [3.05, 3.63) is 71.4 Å². The van der Waals surface area contributed by atoms with Crippen LogP contribution in [0.5, 0.6) is 0 Å². The Balaban J connectivity index is 1.91. The summed E-state index contributed by atoms with van der Waals surface area (Å²) in [6.07, 6.45) is 2.02. The first-order chi connectivity index (χ1) is 14.1. The molecule has 0 radical (unpaired) electrons. The highest BCUT2D eigenvalue weighted by molar-refractivity contribution is 6.13. The Morgan fingerprint density at radius 1 is 0.966 bits per heavy atom. The molecule has 1 heterocycles. The van der Waals surface area contributed by atoms with E-state index in [1.165, 1.54) is 0 Å². The number of fused-ring (bicyclic) bond motifs is 3. The molecule has 4 nitrogen and oxygen atoms in total. The van der Waals surface area contributed by atoms with Crippen LogP contribution in [0, 0.1) is 5.92 Å². The maximum Gasteiger partial charge on any atom is 0.334 e. The molecule has 1 aliphatic heterocycles. The number of carbonyl (C=O) groups excluding carboxylic acids is 1. The lowest BCUT2D eigenvalue weighted by Crippen LogP contribution is -2.38. The van der Waals surface area contributed by atoms with Crippen LogP contribution in [0.1, 0.15) is 37.7 Å². The van der Waals surface area contributed by atoms with Crippen molar-refractivity contribution < 1.29 is 14.7 Å². The Morgan fingerprint density at radius 3 is 2.21 bits per heavy atom. The van der Waals surface area contributed by atoms with Gasteiger partial charge in [-0.2, -0.15) is 0 Å². The summed E-state index contributed by atoms with van der Waals surface area (Å²) >= 11 is 0. The van der Waals surface area contributed by atoms with E-state index in [9.17, 15) is 14.7 Å². The van der Waals surface area contributed by atoms with Crippen molar-refractivity contribution >= 4 is 39.0 Å². The minimum Gasteiger partial charge on any atom is -0.478 e. The van der Waals surface area contributed by atoms with Crippen molar-refractivity contribution in [2.75, 3.05) is 0 Å². The van der Waals surface area contributed by atoms with Crippen LogP contribution in [0.2, 0.25) is 0 Å². The first-order valence-electron chi connectivity index (χ1n) is 10.0. The molecule has 2 atom stereocenters. The van der Waals surface area contributed by atoms with Gasteiger partial charge in [0.15, 0.2) is 0 Å². The molecule has 1 N–H and O–H groups in total. The zero-order chi connectivity index (χ0) is 20.1. The van der Waals surface area contributed by atoms with Gasteiger partial charge in [-0.3, -0.25) is 9.79 Å². The largest absolute Gasteiger partial charge is 0.478 e. The van der Waals surface area contributed by atoms with Gasteiger partial charge in [-0.15, -0.1) is 0 Å². The standard InChI is InChI=1S/C25H21NO3/c1-14-21(25(28)29)24(23-19(26-14)11-6-12-20(23)27)22-17-9-4-2-7-15(17)13-16-8-3-5-10-18(16)22/h2-5,7-10,13,23-24H,6,11-12H2,1H3,(H,28,29). The first kappa shape index (κ1) is 17.8. The molecule has 144 valence electrons. The number of aliphatic carboxylic acids is 1. The number of nitrogens with zero attached hydrogens (tertiary/aromatic N) is 1. The molecular weight excluding hydrogens is 362 g/mol. The number of carboxylic acids is 1. The van der Waals surface area contributed by atoms with Gasteiger partial charge < -0.3 is 5.11 Å². The lowest BCUT2D eigenvalue weighted by atomic mass is 9.68. The highest BCUT2D eigenvalue weighted by Crippen LogP contribution is 2.47. The monoisotopic (exact) mass is 383 g/mol. The van der Waals surface area contributed by atoms with Gasteiger partial charge in [0.1, 0.15) is 5.78 Å². The van der Waals surface area contributed by atoms with Gasteiger partial charge in [0.25, 0.3) is 0 Å². The van der Waals surface area contributed by atoms with Gasteiger partial charge in [-0.05, 0) is 52.9 Å². The van der Waals surface area contributed by atoms with Gasteiger partial charge >= 0.3 is 5.97 Å². The maximum absolute atomic E-state index is 13.1. The Hall–Kier alpha value is -3.27. The highest BCUT2D eigenvalue weighted by atomic mass is 16.4. The van der Waals surface area contributed by atoms with E-state index in [4.69, 9.17) is 0 Å². The van der Waals surface area contributed by atoms with Crippen LogP contribution >= 0.6 is 0 Å². The van der Waals surface area contributed by atoms with E-state index in [1.54, 1.807) is 6.92 Å². The van der Waals surface area contributed by atoms with E-state index in [-0.39, 0.29) is 11.4 Å². The second-order valence-corrected chi connectivity index (χ2v) is 7.92. The Kier molecular flexibility index (Phi) is 4.09. The van der Waals surface area contributed by atoms with E-state index in [0.717, 1.165) is 45.7 Å². The van der Waals surface area contributed by atoms with Crippen LogP contribution in [0.4, 0.5) is 0 Å². The number of benzene rings is 3. The molecule has 29 heavy (non-hydrogen) atoms. The molecular formula is C25H21NO3. The molecule has 0 bridgehead atoms. The predicted molar refractivity (Wildman–Crippen MR) is 114 cm³/mol. The minimum absolute atomic E-state index is 0.100. The molecule has 0 aromatic heterocycles. The van der Waals surface area contributed by atoms with Crippen LogP contribution in [0.3, 0.4) is 0 Å². The molecule has 1 aliphatic carbocycles. The smallest absolute Gasteiger partial charge is 0.334 e. The number of aliphatic imine (C=N–C) groups is 1. The SMILES string of the molecule is CC1=C(C(=O)O)C(c2c3ccccc3cc3ccccc23)C2C(=O)CCCC2=N1. The summed E-state index contributed by atoms with van der Waals surface area (Å²) in [5.41, 5.74) is 2.53. The number of ketones is 1. The fourth-order valence-electron chi connectivity index (χ4n) is 5.09. The summed E-state index contributed by atoms with van der Waals surface area (Å²) in [5, 5.41) is 14.2. The van der Waals surface area contributed by atoms with Crippen LogP contribution < -0.4 is 0 Å². The van der Waals surface area contributed by atoms with E-state index in [2.05, 4.69) is 11.1 Å². The topological polar surface area (TPSA) is 66.7 Å². The van der Waals surface area contributed by atoms with E-state index in [0.29, 0.717) is 12.1 Å². The number of carbonyl (C=O) groups is 2. The third kappa shape index (κ3) is 2.70. The van der Waals surface area contributed by atoms with E-state index in [1.807, 2.05) is 48.5 Å². The second-order valence-electron chi connectivity index (χ2n) is 7.92. The van der Waals surface area contributed by atoms with Crippen LogP contribution in [-0.2, 0) is 9.59 Å². The number of rotatable bonds is 2. The number of Topliss-reactive ketones (excluding diaryl/α,β-unsaturated/α-hetero) is 1. The van der Waals surface area contributed by atoms with Crippen LogP contribution in [-0.4, -0.2) is 22.6 Å². The summed E-state index contributed by atoms with van der Waals surface area (Å²) in [6, 6.07) is 18.2. The third-order valence-corrected chi connectivity index (χ3v) is 6.26. The lowest BCUT2D eigenvalue weighted by molar-refractivity contribution is -0.133. The fraction of sp³-hybridized carbons (Fsp3) is 0.240. The lowest BCUT2D eigenvalue weighted by Gasteiger charge is -2.36. The number of allylic oxidation sites excluding steroid dienone is 1. The summed E-state index contributed by atoms with van der Waals surface area (Å²) in [4.78, 5) is 30.0. The molecule has 2 unspecified atom stereocenters. The molecule has 3 aromatic rings. The quantitative estimate of drug-likeness (QED) is 0.614. The molecule has 2 aliphatic rings. The Labute approximate surface area is 168 Å². The maximum atomic E-state index is 13.1. The first-order valence-corrected chi connectivity index (χ1v) is 10.0. The minimum atomic E-state index is -0.995. The number of carboxylic acid groups (broad SMARTS) is 1. The second kappa shape index (κ2) is 6.66. The van der Waals surface area contributed by atoms with Crippen molar-refractivity contribution in [3.63, 3.8) is 0 Å². The Bertz CT molecular complexity index is 1200. The van der Waals surface area contributed by atoms with Crippen LogP contribution in [0.15, 0.2) is 70.9 Å². The molecule has 3 aromatic carbocycles. The zero-order valence-corrected chi connectivity index (χ0v) is 16.2. The zero-order valence-electron chi connectivity index (χ0n) is 16.2. The molecule has 0 saturated heterocycles. The Morgan fingerprint density at radius 2 is 1.59 bits per heavy atom. The predicted octanol–water partition coefficient (Wildman–Crippen LogP) is 5.26.